The van der Waals surface area contributed by atoms with E-state index >= 15 is 0 Å². The number of nitrogens with zero attached hydrogens (tertiary/aromatic N) is 3. The Bertz CT molecular complexity index is 1110. The molecule has 0 aliphatic carbocycles. The zero-order valence-corrected chi connectivity index (χ0v) is 15.2. The molecule has 2 aromatic heterocycles. The highest BCUT2D eigenvalue weighted by atomic mass is 19.4. The molecular formula is C20H16F3N5O. The van der Waals surface area contributed by atoms with Crippen LogP contribution in [0.3, 0.4) is 0 Å². The quantitative estimate of drug-likeness (QED) is 0.521. The smallest absolute Gasteiger partial charge is 0.395 e. The van der Waals surface area contributed by atoms with Crippen LogP contribution in [0.5, 0.6) is 0 Å². The summed E-state index contributed by atoms with van der Waals surface area (Å²) in [4.78, 5) is 24.6. The summed E-state index contributed by atoms with van der Waals surface area (Å²) in [6, 6.07) is 12.2. The molecule has 1 aromatic carbocycles. The molecule has 0 unspecified atom stereocenters. The van der Waals surface area contributed by atoms with Gasteiger partial charge in [0.15, 0.2) is 0 Å². The predicted molar refractivity (Wildman–Crippen MR) is 104 cm³/mol. The van der Waals surface area contributed by atoms with Crippen molar-refractivity contribution in [2.45, 2.75) is 6.18 Å². The van der Waals surface area contributed by atoms with Gasteiger partial charge in [0.1, 0.15) is 11.5 Å². The van der Waals surface area contributed by atoms with Gasteiger partial charge in [0.05, 0.1) is 11.2 Å². The van der Waals surface area contributed by atoms with E-state index in [1.165, 1.54) is 13.1 Å². The van der Waals surface area contributed by atoms with E-state index in [2.05, 4.69) is 20.3 Å². The van der Waals surface area contributed by atoms with E-state index in [0.29, 0.717) is 11.6 Å². The number of hydrogen-bond acceptors (Lipinski definition) is 5. The Morgan fingerprint density at radius 3 is 2.62 bits per heavy atom. The van der Waals surface area contributed by atoms with Gasteiger partial charge in [0.2, 0.25) is 0 Å². The van der Waals surface area contributed by atoms with Crippen molar-refractivity contribution in [3.05, 3.63) is 72.2 Å². The number of amides is 1. The first-order chi connectivity index (χ1) is 13.8. The molecule has 0 atom stereocenters. The summed E-state index contributed by atoms with van der Waals surface area (Å²) in [5.74, 6) is -0.933. The van der Waals surface area contributed by atoms with Gasteiger partial charge in [-0.25, -0.2) is 0 Å². The Morgan fingerprint density at radius 2 is 1.97 bits per heavy atom. The number of rotatable bonds is 3. The number of fused-ring (bicyclic) bond motifs is 1. The van der Waals surface area contributed by atoms with Crippen LogP contribution in [-0.4, -0.2) is 34.9 Å². The van der Waals surface area contributed by atoms with E-state index in [4.69, 9.17) is 5.73 Å². The van der Waals surface area contributed by atoms with Crippen molar-refractivity contribution >= 4 is 22.6 Å². The van der Waals surface area contributed by atoms with Crippen LogP contribution in [0.1, 0.15) is 10.4 Å². The third-order valence-corrected chi connectivity index (χ3v) is 4.01. The summed E-state index contributed by atoms with van der Waals surface area (Å²) >= 11 is 0. The first-order valence-electron chi connectivity index (χ1n) is 8.41. The molecule has 3 N–H and O–H groups in total. The monoisotopic (exact) mass is 399 g/mol. The topological polar surface area (TPSA) is 93.3 Å². The van der Waals surface area contributed by atoms with Crippen molar-refractivity contribution < 1.29 is 18.0 Å². The second kappa shape index (κ2) is 8.09. The van der Waals surface area contributed by atoms with Gasteiger partial charge in [-0.1, -0.05) is 12.1 Å². The molecule has 3 rings (SSSR count). The molecule has 2 heterocycles. The summed E-state index contributed by atoms with van der Waals surface area (Å²) in [6.45, 7) is 0. The van der Waals surface area contributed by atoms with Crippen molar-refractivity contribution in [3.63, 3.8) is 0 Å². The summed E-state index contributed by atoms with van der Waals surface area (Å²) in [5, 5.41) is 3.09. The molecule has 0 saturated heterocycles. The van der Waals surface area contributed by atoms with Gasteiger partial charge in [0.25, 0.3) is 5.91 Å². The lowest BCUT2D eigenvalue weighted by Gasteiger charge is -2.09. The molecule has 9 heteroatoms. The number of aromatic nitrogens is 2. The number of allylic oxidation sites excluding steroid dienone is 1. The Hall–Kier alpha value is -3.75. The molecule has 0 bridgehead atoms. The highest BCUT2D eigenvalue weighted by Crippen LogP contribution is 2.22. The molecular weight excluding hydrogens is 383 g/mol. The van der Waals surface area contributed by atoms with Crippen molar-refractivity contribution in [3.8, 4) is 11.3 Å². The van der Waals surface area contributed by atoms with E-state index in [9.17, 15) is 18.0 Å². The van der Waals surface area contributed by atoms with E-state index in [1.807, 2.05) is 24.3 Å². The van der Waals surface area contributed by atoms with Gasteiger partial charge in [-0.05, 0) is 30.3 Å². The highest BCUT2D eigenvalue weighted by molar-refractivity contribution is 6.11. The molecule has 1 amide bonds. The number of nitrogens with two attached hydrogens (primary N) is 1. The van der Waals surface area contributed by atoms with Gasteiger partial charge in [-0.3, -0.25) is 19.8 Å². The predicted octanol–water partition coefficient (Wildman–Crippen LogP) is 3.46. The third kappa shape index (κ3) is 4.75. The van der Waals surface area contributed by atoms with Gasteiger partial charge in [0, 0.05) is 42.0 Å². The molecule has 6 nitrogen and oxygen atoms in total. The number of hydrogen-bond donors (Lipinski definition) is 2. The molecule has 0 aliphatic heterocycles. The van der Waals surface area contributed by atoms with Crippen LogP contribution < -0.4 is 11.1 Å². The summed E-state index contributed by atoms with van der Waals surface area (Å²) in [6.07, 6.45) is -0.826. The number of benzene rings is 1. The first kappa shape index (κ1) is 20.0. The average molecular weight is 399 g/mol. The van der Waals surface area contributed by atoms with Crippen LogP contribution in [0.15, 0.2) is 71.6 Å². The molecule has 3 aromatic rings. The van der Waals surface area contributed by atoms with Crippen LogP contribution in [0.4, 0.5) is 13.2 Å². The normalized spacial score (nSPS) is 12.8. The first-order valence-corrected chi connectivity index (χ1v) is 8.41. The van der Waals surface area contributed by atoms with E-state index in [1.54, 1.807) is 24.5 Å². The zero-order chi connectivity index (χ0) is 21.0. The SMILES string of the molecule is CN=C(C=C(N)C(F)(F)F)NC(=O)c1ccc2cc(-c3ccccn3)cnc2c1. The van der Waals surface area contributed by atoms with Crippen LogP contribution in [0.25, 0.3) is 22.2 Å². The number of pyridine rings is 2. The Morgan fingerprint density at radius 1 is 1.17 bits per heavy atom. The Kier molecular flexibility index (Phi) is 5.58. The van der Waals surface area contributed by atoms with Gasteiger partial charge >= 0.3 is 6.18 Å². The Balaban J connectivity index is 1.83. The minimum absolute atomic E-state index is 0.218. The maximum atomic E-state index is 12.6. The minimum Gasteiger partial charge on any atom is -0.395 e. The Labute approximate surface area is 164 Å². The maximum absolute atomic E-state index is 12.6. The minimum atomic E-state index is -4.71. The number of nitrogens with one attached hydrogen (secondary N) is 1. The second-order valence-electron chi connectivity index (χ2n) is 6.01. The number of amidine groups is 1. The summed E-state index contributed by atoms with van der Waals surface area (Å²) in [5.41, 5.74) is 5.97. The molecule has 0 aliphatic rings. The molecule has 148 valence electrons. The highest BCUT2D eigenvalue weighted by Gasteiger charge is 2.31. The molecule has 0 saturated carbocycles. The fourth-order valence-corrected chi connectivity index (χ4v) is 2.51. The fraction of sp³-hybridized carbons (Fsp3) is 0.100. The van der Waals surface area contributed by atoms with Crippen molar-refractivity contribution in [1.29, 1.82) is 0 Å². The molecule has 0 spiro atoms. The van der Waals surface area contributed by atoms with Crippen LogP contribution >= 0.6 is 0 Å². The van der Waals surface area contributed by atoms with Gasteiger partial charge in [-0.2, -0.15) is 13.2 Å². The van der Waals surface area contributed by atoms with Crippen molar-refractivity contribution in [2.24, 2.45) is 10.7 Å². The molecule has 0 fully saturated rings. The summed E-state index contributed by atoms with van der Waals surface area (Å²) in [7, 11) is 1.25. The van der Waals surface area contributed by atoms with E-state index in [-0.39, 0.29) is 11.4 Å². The largest absolute Gasteiger partial charge is 0.430 e. The number of alkyl halides is 3. The number of carbonyl (C=O) groups excluding carboxylic acids is 1. The van der Waals surface area contributed by atoms with E-state index < -0.39 is 17.8 Å². The lowest BCUT2D eigenvalue weighted by atomic mass is 10.1. The van der Waals surface area contributed by atoms with Crippen LogP contribution in [0, 0.1) is 0 Å². The number of aliphatic imine (C=N–C) groups is 1. The lowest BCUT2D eigenvalue weighted by molar-refractivity contribution is -0.0925. The van der Waals surface area contributed by atoms with Gasteiger partial charge in [-0.15, -0.1) is 0 Å². The van der Waals surface area contributed by atoms with Gasteiger partial charge < -0.3 is 11.1 Å². The summed E-state index contributed by atoms with van der Waals surface area (Å²) < 4.78 is 37.7. The second-order valence-corrected chi connectivity index (χ2v) is 6.01. The molecule has 29 heavy (non-hydrogen) atoms. The average Bonchev–Trinajstić information content (AvgIpc) is 2.72. The van der Waals surface area contributed by atoms with Crippen molar-refractivity contribution in [1.82, 2.24) is 15.3 Å². The van der Waals surface area contributed by atoms with E-state index in [0.717, 1.165) is 16.6 Å². The van der Waals surface area contributed by atoms with Crippen molar-refractivity contribution in [2.75, 3.05) is 7.05 Å². The maximum Gasteiger partial charge on any atom is 0.430 e. The zero-order valence-electron chi connectivity index (χ0n) is 15.2. The number of halogens is 3. The standard InChI is InChI=1S/C20H16F3N5O/c1-25-18(10-17(24)20(21,22)23)28-19(29)13-6-5-12-8-14(11-27-16(12)9-13)15-4-2-3-7-26-15/h2-11H,24H2,1H3,(H,25,28,29). The van der Waals surface area contributed by atoms with Crippen LogP contribution in [-0.2, 0) is 0 Å². The number of carbonyl (C=O) groups is 1. The molecule has 0 radical (unpaired) electrons. The lowest BCUT2D eigenvalue weighted by Crippen LogP contribution is -2.31. The third-order valence-electron chi connectivity index (χ3n) is 4.01. The van der Waals surface area contributed by atoms with Crippen LogP contribution in [0.2, 0.25) is 0 Å². The fourth-order valence-electron chi connectivity index (χ4n) is 2.51.